The Morgan fingerprint density at radius 2 is 2.23 bits per heavy atom. The Morgan fingerprint density at radius 3 is 3.00 bits per heavy atom. The molecule has 0 aliphatic heterocycles. The summed E-state index contributed by atoms with van der Waals surface area (Å²) < 4.78 is 5.33. The van der Waals surface area contributed by atoms with Crippen LogP contribution in [0.15, 0.2) is 30.5 Å². The summed E-state index contributed by atoms with van der Waals surface area (Å²) in [6.45, 7) is 2.01. The Kier molecular flexibility index (Phi) is 4.24. The Hall–Kier alpha value is -2.14. The van der Waals surface area contributed by atoms with Crippen molar-refractivity contribution in [2.24, 2.45) is 0 Å². The molecule has 1 aliphatic carbocycles. The second kappa shape index (κ2) is 6.32. The highest BCUT2D eigenvalue weighted by Gasteiger charge is 2.25. The summed E-state index contributed by atoms with van der Waals surface area (Å²) in [5.41, 5.74) is 2.65. The van der Waals surface area contributed by atoms with E-state index in [0.717, 1.165) is 41.4 Å². The number of aryl methyl sites for hydroxylation is 1. The summed E-state index contributed by atoms with van der Waals surface area (Å²) in [6.07, 6.45) is 4.82. The number of hydrogen-bond donors (Lipinski definition) is 2. The maximum atomic E-state index is 12.2. The van der Waals surface area contributed by atoms with Gasteiger partial charge < -0.3 is 15.4 Å². The molecule has 0 saturated heterocycles. The van der Waals surface area contributed by atoms with Crippen LogP contribution >= 0.6 is 0 Å². The van der Waals surface area contributed by atoms with Gasteiger partial charge in [0.2, 0.25) is 0 Å². The first-order valence-electron chi connectivity index (χ1n) is 7.61. The number of aromatic nitrogens is 1. The van der Waals surface area contributed by atoms with Gasteiger partial charge in [0.15, 0.2) is 0 Å². The second-order valence-electron chi connectivity index (χ2n) is 5.85. The molecule has 2 aromatic rings. The van der Waals surface area contributed by atoms with Crippen LogP contribution in [0.25, 0.3) is 10.9 Å². The first-order valence-corrected chi connectivity index (χ1v) is 7.61. The molecule has 1 saturated carbocycles. The first kappa shape index (κ1) is 14.8. The van der Waals surface area contributed by atoms with Gasteiger partial charge in [-0.2, -0.15) is 0 Å². The minimum Gasteiger partial charge on any atom is -0.381 e. The zero-order valence-corrected chi connectivity index (χ0v) is 12.9. The Morgan fingerprint density at radius 1 is 1.36 bits per heavy atom. The predicted octanol–water partition coefficient (Wildman–Crippen LogP) is 3.23. The summed E-state index contributed by atoms with van der Waals surface area (Å²) in [7, 11) is 1.72. The van der Waals surface area contributed by atoms with E-state index in [4.69, 9.17) is 4.74 Å². The predicted molar refractivity (Wildman–Crippen MR) is 87.1 cm³/mol. The first-order chi connectivity index (χ1) is 10.7. The average Bonchev–Trinajstić information content (AvgIpc) is 2.94. The van der Waals surface area contributed by atoms with Gasteiger partial charge in [0.25, 0.3) is 0 Å². The lowest BCUT2D eigenvalue weighted by molar-refractivity contribution is 0.107. The Balaban J connectivity index is 1.72. The molecule has 1 fully saturated rings. The fourth-order valence-corrected chi connectivity index (χ4v) is 3.07. The minimum absolute atomic E-state index is 0.175. The highest BCUT2D eigenvalue weighted by molar-refractivity contribution is 6.00. The van der Waals surface area contributed by atoms with Crippen molar-refractivity contribution < 1.29 is 9.53 Å². The number of nitrogens with zero attached hydrogens (tertiary/aromatic N) is 1. The third-order valence-corrected chi connectivity index (χ3v) is 4.15. The van der Waals surface area contributed by atoms with Crippen LogP contribution in [0.2, 0.25) is 0 Å². The molecule has 5 nitrogen and oxygen atoms in total. The van der Waals surface area contributed by atoms with E-state index in [1.807, 2.05) is 25.1 Å². The van der Waals surface area contributed by atoms with Gasteiger partial charge in [-0.1, -0.05) is 6.07 Å². The molecule has 2 atom stereocenters. The summed E-state index contributed by atoms with van der Waals surface area (Å²) >= 11 is 0. The fraction of sp³-hybridized carbons (Fsp3) is 0.412. The van der Waals surface area contributed by atoms with E-state index in [9.17, 15) is 4.79 Å². The van der Waals surface area contributed by atoms with Crippen molar-refractivity contribution in [3.05, 3.63) is 36.0 Å². The van der Waals surface area contributed by atoms with Gasteiger partial charge in [0.05, 0.1) is 17.3 Å². The van der Waals surface area contributed by atoms with Crippen LogP contribution in [0.1, 0.15) is 24.8 Å². The normalized spacial score (nSPS) is 21.0. The van der Waals surface area contributed by atoms with Crippen LogP contribution in [0.4, 0.5) is 10.5 Å². The number of benzene rings is 1. The zero-order valence-electron chi connectivity index (χ0n) is 12.9. The van der Waals surface area contributed by atoms with Crippen LogP contribution < -0.4 is 10.6 Å². The Labute approximate surface area is 130 Å². The summed E-state index contributed by atoms with van der Waals surface area (Å²) in [5.74, 6) is 0. The standard InChI is InChI=1S/C17H21N3O2/c1-11-8-12-4-3-7-18-16(12)15(9-11)20-17(21)19-13-5-6-14(10-13)22-2/h3-4,7-9,13-14H,5-6,10H2,1-2H3,(H2,19,20,21)/t13-,14-/m1/s1. The van der Waals surface area contributed by atoms with E-state index in [1.54, 1.807) is 13.3 Å². The fourth-order valence-electron chi connectivity index (χ4n) is 3.07. The van der Waals surface area contributed by atoms with Gasteiger partial charge in [-0.15, -0.1) is 0 Å². The van der Waals surface area contributed by atoms with Gasteiger partial charge in [-0.3, -0.25) is 4.98 Å². The number of rotatable bonds is 3. The molecular weight excluding hydrogens is 278 g/mol. The number of fused-ring (bicyclic) bond motifs is 1. The van der Waals surface area contributed by atoms with Gasteiger partial charge >= 0.3 is 6.03 Å². The third-order valence-electron chi connectivity index (χ3n) is 4.15. The number of urea groups is 1. The van der Waals surface area contributed by atoms with Gasteiger partial charge in [-0.05, 0) is 49.9 Å². The van der Waals surface area contributed by atoms with Gasteiger partial charge in [0, 0.05) is 24.7 Å². The van der Waals surface area contributed by atoms with Crippen molar-refractivity contribution in [2.45, 2.75) is 38.3 Å². The van der Waals surface area contributed by atoms with Crippen molar-refractivity contribution in [1.29, 1.82) is 0 Å². The van der Waals surface area contributed by atoms with Crippen LogP contribution in [0.3, 0.4) is 0 Å². The van der Waals surface area contributed by atoms with Crippen molar-refractivity contribution >= 4 is 22.6 Å². The molecule has 0 unspecified atom stereocenters. The summed E-state index contributed by atoms with van der Waals surface area (Å²) in [5, 5.41) is 6.98. The molecule has 22 heavy (non-hydrogen) atoms. The number of nitrogens with one attached hydrogen (secondary N) is 2. The number of hydrogen-bond acceptors (Lipinski definition) is 3. The number of methoxy groups -OCH3 is 1. The molecule has 0 spiro atoms. The van der Waals surface area contributed by atoms with E-state index in [1.165, 1.54) is 0 Å². The van der Waals surface area contributed by atoms with E-state index in [-0.39, 0.29) is 18.2 Å². The van der Waals surface area contributed by atoms with E-state index < -0.39 is 0 Å². The van der Waals surface area contributed by atoms with E-state index >= 15 is 0 Å². The number of anilines is 1. The maximum absolute atomic E-state index is 12.2. The Bertz CT molecular complexity index is 687. The largest absolute Gasteiger partial charge is 0.381 e. The lowest BCUT2D eigenvalue weighted by atomic mass is 10.1. The highest BCUT2D eigenvalue weighted by Crippen LogP contribution is 2.24. The molecule has 1 heterocycles. The molecule has 5 heteroatoms. The molecule has 1 aromatic heterocycles. The second-order valence-corrected chi connectivity index (χ2v) is 5.85. The van der Waals surface area contributed by atoms with E-state index in [2.05, 4.69) is 21.7 Å². The molecule has 1 aromatic carbocycles. The van der Waals surface area contributed by atoms with Crippen molar-refractivity contribution in [3.63, 3.8) is 0 Å². The van der Waals surface area contributed by atoms with Crippen molar-refractivity contribution in [2.75, 3.05) is 12.4 Å². The van der Waals surface area contributed by atoms with E-state index in [0.29, 0.717) is 0 Å². The number of amides is 2. The van der Waals surface area contributed by atoms with Crippen LogP contribution in [-0.4, -0.2) is 30.3 Å². The SMILES string of the molecule is CO[C@@H]1CC[C@@H](NC(=O)Nc2cc(C)cc3cccnc23)C1. The molecule has 1 aliphatic rings. The molecule has 0 radical (unpaired) electrons. The topological polar surface area (TPSA) is 63.2 Å². The van der Waals surface area contributed by atoms with Gasteiger partial charge in [-0.25, -0.2) is 4.79 Å². The molecule has 3 rings (SSSR count). The van der Waals surface area contributed by atoms with Crippen LogP contribution in [0, 0.1) is 6.92 Å². The number of ether oxygens (including phenoxy) is 1. The average molecular weight is 299 g/mol. The summed E-state index contributed by atoms with van der Waals surface area (Å²) in [4.78, 5) is 16.6. The molecule has 2 N–H and O–H groups in total. The molecule has 116 valence electrons. The van der Waals surface area contributed by atoms with Crippen molar-refractivity contribution in [3.8, 4) is 0 Å². The number of carbonyl (C=O) groups is 1. The molecular formula is C17H21N3O2. The summed E-state index contributed by atoms with van der Waals surface area (Å²) in [6, 6.07) is 7.90. The third kappa shape index (κ3) is 3.20. The van der Waals surface area contributed by atoms with Gasteiger partial charge in [0.1, 0.15) is 0 Å². The lowest BCUT2D eigenvalue weighted by Crippen LogP contribution is -2.36. The van der Waals surface area contributed by atoms with Crippen LogP contribution in [0.5, 0.6) is 0 Å². The minimum atomic E-state index is -0.181. The number of carbonyl (C=O) groups excluding carboxylic acids is 1. The quantitative estimate of drug-likeness (QED) is 0.914. The monoisotopic (exact) mass is 299 g/mol. The lowest BCUT2D eigenvalue weighted by Gasteiger charge is -2.15. The molecule has 0 bridgehead atoms. The van der Waals surface area contributed by atoms with Crippen LogP contribution in [-0.2, 0) is 4.74 Å². The molecule has 2 amide bonds. The zero-order chi connectivity index (χ0) is 15.5. The highest BCUT2D eigenvalue weighted by atomic mass is 16.5. The number of pyridine rings is 1. The smallest absolute Gasteiger partial charge is 0.319 e. The van der Waals surface area contributed by atoms with Crippen molar-refractivity contribution in [1.82, 2.24) is 10.3 Å². The maximum Gasteiger partial charge on any atom is 0.319 e.